The van der Waals surface area contributed by atoms with E-state index >= 15 is 0 Å². The molecule has 0 aliphatic heterocycles. The van der Waals surface area contributed by atoms with Crippen molar-refractivity contribution in [1.29, 1.82) is 0 Å². The number of nitrogen functional groups attached to an aromatic ring is 1. The van der Waals surface area contributed by atoms with Crippen LogP contribution in [0.25, 0.3) is 10.1 Å². The minimum Gasteiger partial charge on any atom is -0.397 e. The van der Waals surface area contributed by atoms with Crippen molar-refractivity contribution in [1.82, 2.24) is 15.2 Å². The fourth-order valence-corrected chi connectivity index (χ4v) is 3.43. The van der Waals surface area contributed by atoms with Crippen molar-refractivity contribution in [2.45, 2.75) is 20.8 Å². The Morgan fingerprint density at radius 2 is 2.19 bits per heavy atom. The van der Waals surface area contributed by atoms with Crippen molar-refractivity contribution in [3.63, 3.8) is 0 Å². The van der Waals surface area contributed by atoms with Crippen LogP contribution in [0.4, 0.5) is 5.69 Å². The maximum atomic E-state index is 12.3. The summed E-state index contributed by atoms with van der Waals surface area (Å²) in [5, 5.41) is 3.83. The fourth-order valence-electron chi connectivity index (χ4n) is 2.25. The van der Waals surface area contributed by atoms with Gasteiger partial charge in [-0.3, -0.25) is 9.78 Å². The van der Waals surface area contributed by atoms with Crippen LogP contribution in [0.3, 0.4) is 0 Å². The number of nitrogens with zero attached hydrogens (tertiary/aromatic N) is 2. The lowest BCUT2D eigenvalue weighted by Gasteiger charge is -2.13. The zero-order valence-electron chi connectivity index (χ0n) is 13.0. The van der Waals surface area contributed by atoms with E-state index in [4.69, 9.17) is 5.73 Å². The lowest BCUT2D eigenvalue weighted by atomic mass is 10.2. The van der Waals surface area contributed by atoms with Crippen LogP contribution >= 0.6 is 11.3 Å². The van der Waals surface area contributed by atoms with Crippen LogP contribution in [0, 0.1) is 13.8 Å². The maximum absolute atomic E-state index is 12.3. The summed E-state index contributed by atoms with van der Waals surface area (Å²) in [5.41, 5.74) is 8.51. The van der Waals surface area contributed by atoms with Gasteiger partial charge in [-0.05, 0) is 33.5 Å². The van der Waals surface area contributed by atoms with Gasteiger partial charge in [-0.2, -0.15) is 0 Å². The molecule has 2 heterocycles. The van der Waals surface area contributed by atoms with Gasteiger partial charge in [-0.1, -0.05) is 6.92 Å². The number of thiophene rings is 1. The monoisotopic (exact) mass is 306 g/mol. The summed E-state index contributed by atoms with van der Waals surface area (Å²) in [5.74, 6) is -0.102. The molecule has 0 atom stereocenters. The molecular formula is C15H22N4OS. The second-order valence-electron chi connectivity index (χ2n) is 5.22. The zero-order valence-corrected chi connectivity index (χ0v) is 13.8. The third-order valence-electron chi connectivity index (χ3n) is 3.54. The van der Waals surface area contributed by atoms with Gasteiger partial charge in [0.1, 0.15) is 4.88 Å². The van der Waals surface area contributed by atoms with E-state index in [0.717, 1.165) is 34.6 Å². The third-order valence-corrected chi connectivity index (χ3v) is 4.69. The molecule has 0 aliphatic rings. The maximum Gasteiger partial charge on any atom is 0.263 e. The number of hydrogen-bond donors (Lipinski definition) is 2. The average molecular weight is 306 g/mol. The van der Waals surface area contributed by atoms with E-state index in [1.807, 2.05) is 27.0 Å². The van der Waals surface area contributed by atoms with Crippen LogP contribution in [0.5, 0.6) is 0 Å². The van der Waals surface area contributed by atoms with E-state index in [-0.39, 0.29) is 5.91 Å². The van der Waals surface area contributed by atoms with Crippen molar-refractivity contribution in [3.8, 4) is 0 Å². The molecule has 1 amide bonds. The molecule has 114 valence electrons. The number of carbonyl (C=O) groups is 1. The van der Waals surface area contributed by atoms with Crippen LogP contribution in [-0.4, -0.2) is 42.5 Å². The minimum atomic E-state index is -0.102. The first-order valence-corrected chi connectivity index (χ1v) is 7.88. The highest BCUT2D eigenvalue weighted by atomic mass is 32.1. The molecular weight excluding hydrogens is 284 g/mol. The molecule has 21 heavy (non-hydrogen) atoms. The molecule has 0 saturated carbocycles. The fraction of sp³-hybridized carbons (Fsp3) is 0.467. The van der Waals surface area contributed by atoms with E-state index in [1.54, 1.807) is 0 Å². The molecule has 6 heteroatoms. The molecule has 0 bridgehead atoms. The molecule has 0 fully saturated rings. The van der Waals surface area contributed by atoms with Crippen LogP contribution in [0.15, 0.2) is 6.07 Å². The molecule has 3 N–H and O–H groups in total. The highest BCUT2D eigenvalue weighted by molar-refractivity contribution is 7.21. The molecule has 2 rings (SSSR count). The van der Waals surface area contributed by atoms with E-state index in [0.29, 0.717) is 17.1 Å². The SMILES string of the molecule is CCN(C)CCNC(=O)c1sc2cc(C)nc(C)c2c1N. The van der Waals surface area contributed by atoms with Gasteiger partial charge in [0.15, 0.2) is 0 Å². The number of nitrogens with two attached hydrogens (primary N) is 1. The first kappa shape index (κ1) is 15.7. The van der Waals surface area contributed by atoms with Crippen LogP contribution in [-0.2, 0) is 0 Å². The van der Waals surface area contributed by atoms with Crippen molar-refractivity contribution < 1.29 is 4.79 Å². The number of pyridine rings is 1. The van der Waals surface area contributed by atoms with Gasteiger partial charge < -0.3 is 16.0 Å². The predicted octanol–water partition coefficient (Wildman–Crippen LogP) is 2.18. The summed E-state index contributed by atoms with van der Waals surface area (Å²) in [6.45, 7) is 8.37. The van der Waals surface area contributed by atoms with Gasteiger partial charge >= 0.3 is 0 Å². The van der Waals surface area contributed by atoms with E-state index < -0.39 is 0 Å². The lowest BCUT2D eigenvalue weighted by molar-refractivity contribution is 0.0955. The Balaban J connectivity index is 2.20. The zero-order chi connectivity index (χ0) is 15.6. The molecule has 0 saturated heterocycles. The Morgan fingerprint density at radius 3 is 2.86 bits per heavy atom. The quantitative estimate of drug-likeness (QED) is 0.888. The van der Waals surface area contributed by atoms with E-state index in [2.05, 4.69) is 22.1 Å². The molecule has 0 spiro atoms. The van der Waals surface area contributed by atoms with Crippen molar-refractivity contribution in [3.05, 3.63) is 22.3 Å². The summed E-state index contributed by atoms with van der Waals surface area (Å²) in [6, 6.07) is 1.98. The Labute approximate surface area is 129 Å². The van der Waals surface area contributed by atoms with E-state index in [1.165, 1.54) is 11.3 Å². The number of carbonyl (C=O) groups excluding carboxylic acids is 1. The molecule has 0 unspecified atom stereocenters. The number of likely N-dealkylation sites (N-methyl/N-ethyl adjacent to an activating group) is 1. The minimum absolute atomic E-state index is 0.102. The van der Waals surface area contributed by atoms with Gasteiger partial charge in [-0.15, -0.1) is 11.3 Å². The van der Waals surface area contributed by atoms with Gasteiger partial charge in [0.25, 0.3) is 5.91 Å². The summed E-state index contributed by atoms with van der Waals surface area (Å²) in [4.78, 5) is 19.4. The van der Waals surface area contributed by atoms with Crippen molar-refractivity contribution in [2.24, 2.45) is 0 Å². The largest absolute Gasteiger partial charge is 0.397 e. The topological polar surface area (TPSA) is 71.2 Å². The number of aromatic nitrogens is 1. The number of rotatable bonds is 5. The Kier molecular flexibility index (Phi) is 4.80. The average Bonchev–Trinajstić information content (AvgIpc) is 2.75. The normalized spacial score (nSPS) is 11.3. The number of anilines is 1. The van der Waals surface area contributed by atoms with Crippen LogP contribution in [0.1, 0.15) is 28.0 Å². The molecule has 5 nitrogen and oxygen atoms in total. The summed E-state index contributed by atoms with van der Waals surface area (Å²) in [6.07, 6.45) is 0. The number of aryl methyl sites for hydroxylation is 2. The van der Waals surface area contributed by atoms with Gasteiger partial charge in [0.05, 0.1) is 5.69 Å². The third kappa shape index (κ3) is 3.33. The Morgan fingerprint density at radius 1 is 1.48 bits per heavy atom. The second kappa shape index (κ2) is 6.41. The van der Waals surface area contributed by atoms with Gasteiger partial charge in [-0.25, -0.2) is 0 Å². The number of amides is 1. The first-order valence-electron chi connectivity index (χ1n) is 7.07. The highest BCUT2D eigenvalue weighted by Gasteiger charge is 2.18. The molecule has 2 aromatic rings. The van der Waals surface area contributed by atoms with Gasteiger partial charge in [0, 0.05) is 34.6 Å². The molecule has 0 aromatic carbocycles. The number of nitrogens with one attached hydrogen (secondary N) is 1. The molecule has 2 aromatic heterocycles. The van der Waals surface area contributed by atoms with Crippen molar-refractivity contribution in [2.75, 3.05) is 32.4 Å². The van der Waals surface area contributed by atoms with Crippen LogP contribution in [0.2, 0.25) is 0 Å². The smallest absolute Gasteiger partial charge is 0.263 e. The predicted molar refractivity (Wildman–Crippen MR) is 89.0 cm³/mol. The first-order chi connectivity index (χ1) is 9.93. The van der Waals surface area contributed by atoms with Crippen LogP contribution < -0.4 is 11.1 Å². The summed E-state index contributed by atoms with van der Waals surface area (Å²) in [7, 11) is 2.03. The van der Waals surface area contributed by atoms with Gasteiger partial charge in [0.2, 0.25) is 0 Å². The molecule has 0 radical (unpaired) electrons. The highest BCUT2D eigenvalue weighted by Crippen LogP contribution is 2.35. The number of fused-ring (bicyclic) bond motifs is 1. The van der Waals surface area contributed by atoms with Crippen molar-refractivity contribution >= 4 is 33.0 Å². The second-order valence-corrected chi connectivity index (χ2v) is 6.27. The summed E-state index contributed by atoms with van der Waals surface area (Å²) < 4.78 is 1.02. The number of hydrogen-bond acceptors (Lipinski definition) is 5. The Bertz CT molecular complexity index is 665. The lowest BCUT2D eigenvalue weighted by Crippen LogP contribution is -2.32. The molecule has 0 aliphatic carbocycles. The standard InChI is InChI=1S/C15H22N4OS/c1-5-19(4)7-6-17-15(20)14-13(16)12-10(3)18-9(2)8-11(12)21-14/h8H,5-7,16H2,1-4H3,(H,17,20). The Hall–Kier alpha value is -1.66. The van der Waals surface area contributed by atoms with E-state index in [9.17, 15) is 4.79 Å². The summed E-state index contributed by atoms with van der Waals surface area (Å²) >= 11 is 1.43.